The average molecular weight is 256 g/mol. The van der Waals surface area contributed by atoms with Crippen molar-refractivity contribution in [2.45, 2.75) is 6.29 Å². The van der Waals surface area contributed by atoms with E-state index in [-0.39, 0.29) is 13.1 Å². The molecule has 0 amide bonds. The molecule has 0 spiro atoms. The summed E-state index contributed by atoms with van der Waals surface area (Å²) in [6.07, 6.45) is -0.299. The number of benzene rings is 1. The van der Waals surface area contributed by atoms with Gasteiger partial charge in [-0.1, -0.05) is 12.1 Å². The van der Waals surface area contributed by atoms with Gasteiger partial charge in [-0.25, -0.2) is 10.1 Å². The fourth-order valence-corrected chi connectivity index (χ4v) is 1.62. The zero-order valence-corrected chi connectivity index (χ0v) is 9.91. The Hall–Kier alpha value is -1.18. The largest absolute Gasteiger partial charge is 0.491 e. The Bertz CT molecular complexity index is 350. The molecule has 0 aliphatic carbocycles. The molecule has 100 valence electrons. The molecule has 0 bridgehead atoms. The number of hydrogen-bond acceptors (Lipinski definition) is 6. The van der Waals surface area contributed by atoms with Crippen molar-refractivity contribution in [1.29, 1.82) is 0 Å². The van der Waals surface area contributed by atoms with E-state index >= 15 is 0 Å². The minimum atomic E-state index is -0.299. The van der Waals surface area contributed by atoms with Crippen molar-refractivity contribution in [1.82, 2.24) is 0 Å². The Kier molecular flexibility index (Phi) is 5.37. The minimum absolute atomic E-state index is 0.160. The standard InChI is InChI=1S/C12H16O6/c13-18-9-14-4-5-15-11-3-1-2-10(8-11)12-16-6-7-17-12/h1-3,8,12-13H,4-7,9H2. The van der Waals surface area contributed by atoms with Gasteiger partial charge >= 0.3 is 0 Å². The molecule has 1 aromatic rings. The average Bonchev–Trinajstić information content (AvgIpc) is 2.93. The third-order valence-electron chi connectivity index (χ3n) is 2.38. The molecule has 0 atom stereocenters. The highest BCUT2D eigenvalue weighted by atomic mass is 17.1. The van der Waals surface area contributed by atoms with Gasteiger partial charge < -0.3 is 18.9 Å². The third-order valence-corrected chi connectivity index (χ3v) is 2.38. The normalized spacial score (nSPS) is 16.1. The molecule has 0 unspecified atom stereocenters. The van der Waals surface area contributed by atoms with Crippen LogP contribution in [0.25, 0.3) is 0 Å². The van der Waals surface area contributed by atoms with E-state index in [9.17, 15) is 0 Å². The summed E-state index contributed by atoms with van der Waals surface area (Å²) in [5, 5.41) is 8.05. The molecule has 1 saturated heterocycles. The predicted octanol–water partition coefficient (Wildman–Crippen LogP) is 1.57. The van der Waals surface area contributed by atoms with Crippen LogP contribution in [-0.4, -0.2) is 38.5 Å². The number of rotatable bonds is 7. The van der Waals surface area contributed by atoms with Crippen LogP contribution in [0.3, 0.4) is 0 Å². The van der Waals surface area contributed by atoms with Gasteiger partial charge in [-0.05, 0) is 12.1 Å². The van der Waals surface area contributed by atoms with Crippen LogP contribution in [0.2, 0.25) is 0 Å². The molecule has 2 rings (SSSR count). The van der Waals surface area contributed by atoms with Crippen molar-refractivity contribution in [3.8, 4) is 5.75 Å². The summed E-state index contributed by atoms with van der Waals surface area (Å²) in [6, 6.07) is 7.53. The SMILES string of the molecule is OOCOCCOc1cccc(C2OCCO2)c1. The lowest BCUT2D eigenvalue weighted by molar-refractivity contribution is -0.296. The van der Waals surface area contributed by atoms with E-state index in [1.165, 1.54) is 0 Å². The van der Waals surface area contributed by atoms with E-state index in [0.717, 1.165) is 11.3 Å². The van der Waals surface area contributed by atoms with Crippen LogP contribution in [-0.2, 0) is 19.1 Å². The second-order valence-electron chi connectivity index (χ2n) is 3.65. The van der Waals surface area contributed by atoms with Gasteiger partial charge in [0.25, 0.3) is 0 Å². The summed E-state index contributed by atoms with van der Waals surface area (Å²) >= 11 is 0. The molecule has 0 radical (unpaired) electrons. The molecule has 0 aromatic heterocycles. The molecule has 1 heterocycles. The lowest BCUT2D eigenvalue weighted by atomic mass is 10.2. The van der Waals surface area contributed by atoms with Crippen LogP contribution in [0.4, 0.5) is 0 Å². The highest BCUT2D eigenvalue weighted by Crippen LogP contribution is 2.26. The molecule has 1 fully saturated rings. The second kappa shape index (κ2) is 7.30. The lowest BCUT2D eigenvalue weighted by Crippen LogP contribution is -2.08. The van der Waals surface area contributed by atoms with Gasteiger partial charge in [-0.3, -0.25) is 0 Å². The summed E-state index contributed by atoms with van der Waals surface area (Å²) in [5.74, 6) is 0.722. The first-order chi connectivity index (χ1) is 8.90. The van der Waals surface area contributed by atoms with Crippen LogP contribution in [0.5, 0.6) is 5.75 Å². The van der Waals surface area contributed by atoms with Crippen molar-refractivity contribution in [2.24, 2.45) is 0 Å². The molecular weight excluding hydrogens is 240 g/mol. The zero-order valence-electron chi connectivity index (χ0n) is 9.91. The molecule has 1 N–H and O–H groups in total. The molecule has 0 saturated carbocycles. The van der Waals surface area contributed by atoms with E-state index in [1.54, 1.807) is 0 Å². The topological polar surface area (TPSA) is 66.4 Å². The van der Waals surface area contributed by atoms with Gasteiger partial charge in [0, 0.05) is 5.56 Å². The van der Waals surface area contributed by atoms with Crippen molar-refractivity contribution in [3.63, 3.8) is 0 Å². The second-order valence-corrected chi connectivity index (χ2v) is 3.65. The van der Waals surface area contributed by atoms with Gasteiger partial charge in [0.05, 0.1) is 19.8 Å². The Balaban J connectivity index is 1.79. The van der Waals surface area contributed by atoms with Crippen molar-refractivity contribution in [2.75, 3.05) is 33.2 Å². The maximum absolute atomic E-state index is 8.05. The third kappa shape index (κ3) is 3.94. The Morgan fingerprint density at radius 1 is 1.22 bits per heavy atom. The van der Waals surface area contributed by atoms with E-state index < -0.39 is 0 Å². The highest BCUT2D eigenvalue weighted by molar-refractivity contribution is 5.29. The summed E-state index contributed by atoms with van der Waals surface area (Å²) < 4.78 is 21.2. The molecule has 18 heavy (non-hydrogen) atoms. The van der Waals surface area contributed by atoms with Gasteiger partial charge in [-0.15, -0.1) is 0 Å². The predicted molar refractivity (Wildman–Crippen MR) is 61.1 cm³/mol. The first-order valence-electron chi connectivity index (χ1n) is 5.70. The maximum Gasteiger partial charge on any atom is 0.184 e. The Morgan fingerprint density at radius 2 is 2.06 bits per heavy atom. The van der Waals surface area contributed by atoms with E-state index in [1.807, 2.05) is 24.3 Å². The van der Waals surface area contributed by atoms with Crippen LogP contribution in [0.15, 0.2) is 24.3 Å². The Labute approximate surface area is 105 Å². The van der Waals surface area contributed by atoms with E-state index in [2.05, 4.69) is 4.89 Å². The first-order valence-corrected chi connectivity index (χ1v) is 5.70. The summed E-state index contributed by atoms with van der Waals surface area (Å²) in [4.78, 5) is 3.77. The van der Waals surface area contributed by atoms with E-state index in [0.29, 0.717) is 26.4 Å². The quantitative estimate of drug-likeness (QED) is 0.346. The smallest absolute Gasteiger partial charge is 0.184 e. The van der Waals surface area contributed by atoms with Crippen molar-refractivity contribution < 1.29 is 29.1 Å². The Morgan fingerprint density at radius 3 is 2.83 bits per heavy atom. The summed E-state index contributed by atoms with van der Waals surface area (Å²) in [7, 11) is 0. The van der Waals surface area contributed by atoms with Gasteiger partial charge in [0.1, 0.15) is 12.4 Å². The zero-order chi connectivity index (χ0) is 12.6. The number of hydrogen-bond donors (Lipinski definition) is 1. The fourth-order valence-electron chi connectivity index (χ4n) is 1.62. The molecule has 1 aliphatic heterocycles. The fraction of sp³-hybridized carbons (Fsp3) is 0.500. The molecule has 6 heteroatoms. The number of ether oxygens (including phenoxy) is 4. The van der Waals surface area contributed by atoms with Crippen LogP contribution in [0, 0.1) is 0 Å². The summed E-state index contributed by atoms with van der Waals surface area (Å²) in [6.45, 7) is 1.78. The van der Waals surface area contributed by atoms with Gasteiger partial charge in [-0.2, -0.15) is 0 Å². The lowest BCUT2D eigenvalue weighted by Gasteiger charge is -2.11. The van der Waals surface area contributed by atoms with E-state index in [4.69, 9.17) is 24.2 Å². The van der Waals surface area contributed by atoms with Crippen molar-refractivity contribution in [3.05, 3.63) is 29.8 Å². The minimum Gasteiger partial charge on any atom is -0.491 e. The first kappa shape index (κ1) is 13.3. The highest BCUT2D eigenvalue weighted by Gasteiger charge is 2.18. The molecule has 1 aromatic carbocycles. The van der Waals surface area contributed by atoms with Gasteiger partial charge in [0.2, 0.25) is 0 Å². The molecule has 1 aliphatic rings. The molecular formula is C12H16O6. The van der Waals surface area contributed by atoms with Crippen LogP contribution < -0.4 is 4.74 Å². The van der Waals surface area contributed by atoms with Crippen LogP contribution in [0.1, 0.15) is 11.9 Å². The van der Waals surface area contributed by atoms with Crippen LogP contribution >= 0.6 is 0 Å². The summed E-state index contributed by atoms with van der Waals surface area (Å²) in [5.41, 5.74) is 0.935. The van der Waals surface area contributed by atoms with Gasteiger partial charge in [0.15, 0.2) is 13.1 Å². The molecule has 6 nitrogen and oxygen atoms in total. The monoisotopic (exact) mass is 256 g/mol. The van der Waals surface area contributed by atoms with Crippen molar-refractivity contribution >= 4 is 0 Å². The maximum atomic E-state index is 8.05.